The first-order valence-corrected chi connectivity index (χ1v) is 13.8. The van der Waals surface area contributed by atoms with Gasteiger partial charge in [-0.2, -0.15) is 12.8 Å². The van der Waals surface area contributed by atoms with Crippen molar-refractivity contribution in [2.24, 2.45) is 0 Å². The number of sulfonamides is 1. The fourth-order valence-electron chi connectivity index (χ4n) is 3.28. The van der Waals surface area contributed by atoms with Crippen LogP contribution in [0.5, 0.6) is 0 Å². The van der Waals surface area contributed by atoms with Crippen molar-refractivity contribution in [3.63, 3.8) is 0 Å². The predicted molar refractivity (Wildman–Crippen MR) is 142 cm³/mol. The normalized spacial score (nSPS) is 12.5. The Morgan fingerprint density at radius 2 is 1.74 bits per heavy atom. The Morgan fingerprint density at radius 1 is 1.03 bits per heavy atom. The van der Waals surface area contributed by atoms with Gasteiger partial charge in [-0.3, -0.25) is 9.52 Å². The lowest BCUT2D eigenvalue weighted by atomic mass is 10.0. The summed E-state index contributed by atoms with van der Waals surface area (Å²) in [5, 5.41) is 3.96. The average Bonchev–Trinajstić information content (AvgIpc) is 3.30. The van der Waals surface area contributed by atoms with Crippen molar-refractivity contribution in [2.45, 2.75) is 17.9 Å². The molecule has 0 aliphatic heterocycles. The Balaban J connectivity index is 1.60. The first-order valence-electron chi connectivity index (χ1n) is 10.0. The molecule has 2 aromatic carbocycles. The summed E-state index contributed by atoms with van der Waals surface area (Å²) in [6.07, 6.45) is 2.80. The highest BCUT2D eigenvalue weighted by atomic mass is 35.5. The summed E-state index contributed by atoms with van der Waals surface area (Å²) in [5.41, 5.74) is 0.833. The number of hydrogen-bond acceptors (Lipinski definition) is 6. The van der Waals surface area contributed by atoms with Gasteiger partial charge < -0.3 is 5.32 Å². The van der Waals surface area contributed by atoms with E-state index >= 15 is 0 Å². The number of amides is 1. The maximum atomic E-state index is 13.2. The number of nitrogens with zero attached hydrogens (tertiary/aromatic N) is 2. The Bertz CT molecular complexity index is 1540. The van der Waals surface area contributed by atoms with E-state index < -0.39 is 15.9 Å². The third kappa shape index (κ3) is 5.66. The number of anilines is 1. The Morgan fingerprint density at radius 3 is 2.49 bits per heavy atom. The second kappa shape index (κ2) is 10.5. The lowest BCUT2D eigenvalue weighted by molar-refractivity contribution is 0.0952. The molecule has 0 saturated carbocycles. The van der Waals surface area contributed by atoms with E-state index in [2.05, 4.69) is 19.4 Å². The Kier molecular flexibility index (Phi) is 7.75. The number of aromatic nitrogens is 2. The molecule has 0 spiro atoms. The van der Waals surface area contributed by atoms with Crippen LogP contribution in [0.25, 0.3) is 10.1 Å². The minimum atomic E-state index is -4.18. The van der Waals surface area contributed by atoms with Gasteiger partial charge >= 0.3 is 0 Å². The molecule has 182 valence electrons. The fraction of sp³-hybridized carbons (Fsp3) is 0.136. The lowest BCUT2D eigenvalue weighted by Crippen LogP contribution is -2.29. The fourth-order valence-corrected chi connectivity index (χ4v) is 5.82. The Labute approximate surface area is 225 Å². The molecule has 2 aromatic heterocycles. The minimum Gasteiger partial charge on any atom is -0.351 e. The zero-order chi connectivity index (χ0) is 25.3. The molecule has 0 bridgehead atoms. The number of rotatable bonds is 7. The van der Waals surface area contributed by atoms with Gasteiger partial charge in [0, 0.05) is 12.7 Å². The summed E-state index contributed by atoms with van der Waals surface area (Å²) >= 11 is 25.5. The largest absolute Gasteiger partial charge is 0.351 e. The molecule has 4 aromatic rings. The summed E-state index contributed by atoms with van der Waals surface area (Å²) in [6, 6.07) is 9.48. The molecule has 0 aliphatic carbocycles. The maximum absolute atomic E-state index is 13.2. The van der Waals surface area contributed by atoms with E-state index in [4.69, 9.17) is 46.4 Å². The number of halogens is 4. The molecule has 1 amide bonds. The second-order valence-electron chi connectivity index (χ2n) is 7.56. The van der Waals surface area contributed by atoms with Gasteiger partial charge in [0.1, 0.15) is 0 Å². The molecule has 2 N–H and O–H groups in total. The van der Waals surface area contributed by atoms with Gasteiger partial charge in [0.2, 0.25) is 0 Å². The molecule has 1 atom stereocenters. The van der Waals surface area contributed by atoms with Crippen LogP contribution in [0.15, 0.2) is 53.8 Å². The number of hydrogen-bond donors (Lipinski definition) is 2. The van der Waals surface area contributed by atoms with E-state index in [1.165, 1.54) is 24.5 Å². The number of carbonyl (C=O) groups is 1. The molecule has 0 saturated heterocycles. The highest BCUT2D eigenvalue weighted by molar-refractivity contribution is 7.92. The highest BCUT2D eigenvalue weighted by Crippen LogP contribution is 2.32. The van der Waals surface area contributed by atoms with Gasteiger partial charge in [0.25, 0.3) is 15.9 Å². The van der Waals surface area contributed by atoms with Crippen molar-refractivity contribution in [2.75, 3.05) is 11.3 Å². The quantitative estimate of drug-likeness (QED) is 0.252. The first kappa shape index (κ1) is 25.9. The second-order valence-corrected chi connectivity index (χ2v) is 11.6. The first-order chi connectivity index (χ1) is 16.6. The van der Waals surface area contributed by atoms with Crippen LogP contribution in [0.2, 0.25) is 20.1 Å². The summed E-state index contributed by atoms with van der Waals surface area (Å²) in [6.45, 7) is 2.14. The van der Waals surface area contributed by atoms with Crippen LogP contribution in [0.3, 0.4) is 0 Å². The molecule has 0 fully saturated rings. The average molecular weight is 590 g/mol. The van der Waals surface area contributed by atoms with Crippen molar-refractivity contribution >= 4 is 89.6 Å². The van der Waals surface area contributed by atoms with Crippen LogP contribution in [0.1, 0.15) is 28.8 Å². The standard InChI is InChI=1S/C22H16Cl4N4O3S2/c1-11(12-2-3-15(23)16(24)6-12)9-28-21(31)13-7-17(25)18(26)8-19(13)30-35(32,33)22-14-10-29-34-20(14)4-5-27-22/h2-8,10-11,30H,9H2,1H3,(H,28,31). The molecule has 4 rings (SSSR count). The van der Waals surface area contributed by atoms with Crippen LogP contribution < -0.4 is 10.0 Å². The zero-order valence-electron chi connectivity index (χ0n) is 17.9. The number of fused-ring (bicyclic) bond motifs is 1. The minimum absolute atomic E-state index is 0.0000628. The SMILES string of the molecule is CC(CNC(=O)c1cc(Cl)c(Cl)cc1NS(=O)(=O)c1nccc2sncc12)c1ccc(Cl)c(Cl)c1. The predicted octanol–water partition coefficient (Wildman–Crippen LogP) is 6.64. The summed E-state index contributed by atoms with van der Waals surface area (Å²) < 4.78 is 33.4. The number of carbonyl (C=O) groups excluding carboxylic acids is 1. The monoisotopic (exact) mass is 588 g/mol. The van der Waals surface area contributed by atoms with E-state index in [0.717, 1.165) is 17.1 Å². The van der Waals surface area contributed by atoms with Crippen LogP contribution >= 0.6 is 57.9 Å². The molecule has 0 aliphatic rings. The van der Waals surface area contributed by atoms with Crippen LogP contribution in [0, 0.1) is 0 Å². The van der Waals surface area contributed by atoms with Gasteiger partial charge in [-0.05, 0) is 53.3 Å². The molecule has 13 heteroatoms. The molecule has 7 nitrogen and oxygen atoms in total. The van der Waals surface area contributed by atoms with E-state index in [-0.39, 0.29) is 38.8 Å². The van der Waals surface area contributed by atoms with Gasteiger partial charge in [-0.25, -0.2) is 4.98 Å². The molecular weight excluding hydrogens is 574 g/mol. The third-order valence-electron chi connectivity index (χ3n) is 5.13. The van der Waals surface area contributed by atoms with Crippen molar-refractivity contribution in [1.82, 2.24) is 14.7 Å². The summed E-state index contributed by atoms with van der Waals surface area (Å²) in [4.78, 5) is 17.1. The number of pyridine rings is 1. The van der Waals surface area contributed by atoms with E-state index in [1.807, 2.05) is 13.0 Å². The number of nitrogens with one attached hydrogen (secondary N) is 2. The van der Waals surface area contributed by atoms with Crippen LogP contribution in [-0.4, -0.2) is 30.2 Å². The molecule has 1 unspecified atom stereocenters. The summed E-state index contributed by atoms with van der Waals surface area (Å²) in [7, 11) is -4.18. The summed E-state index contributed by atoms with van der Waals surface area (Å²) in [5.74, 6) is -0.652. The van der Waals surface area contributed by atoms with Crippen molar-refractivity contribution in [3.8, 4) is 0 Å². The molecule has 0 radical (unpaired) electrons. The van der Waals surface area contributed by atoms with E-state index in [0.29, 0.717) is 20.1 Å². The van der Waals surface area contributed by atoms with Gasteiger partial charge in [-0.15, -0.1) is 0 Å². The van der Waals surface area contributed by atoms with Crippen molar-refractivity contribution in [1.29, 1.82) is 0 Å². The van der Waals surface area contributed by atoms with Gasteiger partial charge in [0.15, 0.2) is 5.03 Å². The van der Waals surface area contributed by atoms with Crippen LogP contribution in [-0.2, 0) is 10.0 Å². The van der Waals surface area contributed by atoms with Gasteiger partial charge in [-0.1, -0.05) is 59.4 Å². The van der Waals surface area contributed by atoms with E-state index in [1.54, 1.807) is 18.2 Å². The van der Waals surface area contributed by atoms with Crippen molar-refractivity contribution < 1.29 is 13.2 Å². The Hall–Kier alpha value is -2.14. The number of benzene rings is 2. The smallest absolute Gasteiger partial charge is 0.280 e. The molecule has 35 heavy (non-hydrogen) atoms. The van der Waals surface area contributed by atoms with E-state index in [9.17, 15) is 13.2 Å². The highest BCUT2D eigenvalue weighted by Gasteiger charge is 2.24. The maximum Gasteiger partial charge on any atom is 0.280 e. The topological polar surface area (TPSA) is 101 Å². The third-order valence-corrected chi connectivity index (χ3v) is 8.68. The lowest BCUT2D eigenvalue weighted by Gasteiger charge is -2.17. The molecule has 2 heterocycles. The zero-order valence-corrected chi connectivity index (χ0v) is 22.5. The van der Waals surface area contributed by atoms with Gasteiger partial charge in [0.05, 0.1) is 47.6 Å². The van der Waals surface area contributed by atoms with Crippen LogP contribution in [0.4, 0.5) is 5.69 Å². The molecular formula is C22H16Cl4N4O3S2. The van der Waals surface area contributed by atoms with Crippen molar-refractivity contribution in [3.05, 3.63) is 80.0 Å².